The van der Waals surface area contributed by atoms with Crippen molar-refractivity contribution in [2.24, 2.45) is 5.73 Å². The van der Waals surface area contributed by atoms with Crippen LogP contribution in [0.25, 0.3) is 0 Å². The molecular formula is C22H28N4O3. The van der Waals surface area contributed by atoms with Crippen LogP contribution in [0.15, 0.2) is 18.2 Å². The second-order valence-corrected chi connectivity index (χ2v) is 9.39. The molecule has 0 aromatic heterocycles. The van der Waals surface area contributed by atoms with Crippen LogP contribution in [0.2, 0.25) is 0 Å². The van der Waals surface area contributed by atoms with Gasteiger partial charge in [-0.1, -0.05) is 12.1 Å². The highest BCUT2D eigenvalue weighted by Crippen LogP contribution is 2.45. The number of carbonyl (C=O) groups excluding carboxylic acids is 3. The number of nitrogens with two attached hydrogens (primary N) is 1. The third kappa shape index (κ3) is 3.26. The fraction of sp³-hybridized carbons (Fsp3) is 0.591. The van der Waals surface area contributed by atoms with Crippen LogP contribution in [-0.4, -0.2) is 39.7 Å². The molecule has 1 atom stereocenters. The van der Waals surface area contributed by atoms with E-state index in [2.05, 4.69) is 16.7 Å². The fourth-order valence-corrected chi connectivity index (χ4v) is 5.48. The lowest BCUT2D eigenvalue weighted by Crippen LogP contribution is -2.60. The van der Waals surface area contributed by atoms with Gasteiger partial charge < -0.3 is 16.0 Å². The van der Waals surface area contributed by atoms with Gasteiger partial charge in [0, 0.05) is 36.2 Å². The zero-order valence-corrected chi connectivity index (χ0v) is 16.6. The topological polar surface area (TPSA) is 105 Å². The Labute approximate surface area is 170 Å². The van der Waals surface area contributed by atoms with Crippen molar-refractivity contribution in [2.75, 3.05) is 0 Å². The molecule has 1 aromatic carbocycles. The van der Waals surface area contributed by atoms with Crippen molar-refractivity contribution in [3.63, 3.8) is 0 Å². The molecule has 4 fully saturated rings. The second-order valence-electron chi connectivity index (χ2n) is 9.39. The Kier molecular flexibility index (Phi) is 4.29. The number of rotatable bonds is 4. The van der Waals surface area contributed by atoms with E-state index >= 15 is 0 Å². The number of imide groups is 1. The van der Waals surface area contributed by atoms with E-state index in [-0.39, 0.29) is 35.2 Å². The Hall–Kier alpha value is -2.25. The highest BCUT2D eigenvalue weighted by Gasteiger charge is 2.46. The lowest BCUT2D eigenvalue weighted by molar-refractivity contribution is -0.136. The molecule has 1 unspecified atom stereocenters. The first kappa shape index (κ1) is 18.8. The molecule has 7 nitrogen and oxygen atoms in total. The monoisotopic (exact) mass is 396 g/mol. The third-order valence-electron chi connectivity index (χ3n) is 7.56. The predicted molar refractivity (Wildman–Crippen MR) is 107 cm³/mol. The van der Waals surface area contributed by atoms with Crippen molar-refractivity contribution in [3.8, 4) is 0 Å². The smallest absolute Gasteiger partial charge is 0.255 e. The Morgan fingerprint density at radius 2 is 1.83 bits per heavy atom. The number of hydrogen-bond acceptors (Lipinski definition) is 5. The van der Waals surface area contributed by atoms with Crippen LogP contribution in [0.4, 0.5) is 0 Å². The molecule has 1 aromatic rings. The lowest BCUT2D eigenvalue weighted by atomic mass is 9.62. The number of nitrogens with zero attached hydrogens (tertiary/aromatic N) is 1. The number of hydrogen-bond donors (Lipinski definition) is 3. The summed E-state index contributed by atoms with van der Waals surface area (Å²) in [7, 11) is 0. The summed E-state index contributed by atoms with van der Waals surface area (Å²) in [5.41, 5.74) is 9.37. The molecule has 5 aliphatic rings. The normalized spacial score (nSPS) is 33.8. The molecule has 6 rings (SSSR count). The van der Waals surface area contributed by atoms with Gasteiger partial charge in [0.05, 0.1) is 0 Å². The van der Waals surface area contributed by atoms with E-state index in [0.29, 0.717) is 18.5 Å². The molecule has 2 aliphatic heterocycles. The standard InChI is InChI=1S/C22H28N4O3/c23-21-5-8-22(9-6-21,10-7-21)24-12-14-1-2-15-13-26(20(29)16(15)11-14)17-3-4-18(27)25-19(17)28/h1-2,11,17,24H,3-10,12-13,23H2,(H,25,27,28). The predicted octanol–water partition coefficient (Wildman–Crippen LogP) is 1.34. The van der Waals surface area contributed by atoms with Gasteiger partial charge >= 0.3 is 0 Å². The Balaban J connectivity index is 1.27. The number of piperidine rings is 1. The first-order valence-electron chi connectivity index (χ1n) is 10.7. The van der Waals surface area contributed by atoms with E-state index in [9.17, 15) is 14.4 Å². The first-order valence-corrected chi connectivity index (χ1v) is 10.7. The molecule has 0 spiro atoms. The second kappa shape index (κ2) is 6.64. The number of carbonyl (C=O) groups is 3. The summed E-state index contributed by atoms with van der Waals surface area (Å²) in [5, 5.41) is 6.11. The molecule has 3 saturated carbocycles. The summed E-state index contributed by atoms with van der Waals surface area (Å²) >= 11 is 0. The minimum atomic E-state index is -0.561. The lowest BCUT2D eigenvalue weighted by Gasteiger charge is -2.52. The highest BCUT2D eigenvalue weighted by molar-refractivity contribution is 6.05. The maximum atomic E-state index is 13.0. The van der Waals surface area contributed by atoms with E-state index in [4.69, 9.17) is 5.73 Å². The summed E-state index contributed by atoms with van der Waals surface area (Å²) in [4.78, 5) is 38.2. The van der Waals surface area contributed by atoms with E-state index in [1.165, 1.54) is 0 Å². The molecule has 0 radical (unpaired) electrons. The summed E-state index contributed by atoms with van der Waals surface area (Å²) in [6.45, 7) is 1.16. The van der Waals surface area contributed by atoms with Crippen LogP contribution in [0, 0.1) is 0 Å². The highest BCUT2D eigenvalue weighted by atomic mass is 16.2. The van der Waals surface area contributed by atoms with E-state index in [1.54, 1.807) is 4.90 Å². The average Bonchev–Trinajstić information content (AvgIpc) is 3.04. The Bertz CT molecular complexity index is 872. The van der Waals surface area contributed by atoms with E-state index in [1.807, 2.05) is 12.1 Å². The van der Waals surface area contributed by atoms with Gasteiger partial charge in [-0.3, -0.25) is 19.7 Å². The number of benzene rings is 1. The van der Waals surface area contributed by atoms with Crippen molar-refractivity contribution >= 4 is 17.7 Å². The maximum Gasteiger partial charge on any atom is 0.255 e. The first-order chi connectivity index (χ1) is 13.9. The Morgan fingerprint density at radius 1 is 1.10 bits per heavy atom. The molecule has 154 valence electrons. The van der Waals surface area contributed by atoms with Crippen LogP contribution >= 0.6 is 0 Å². The van der Waals surface area contributed by atoms with E-state index in [0.717, 1.165) is 56.2 Å². The minimum Gasteiger partial charge on any atom is -0.325 e. The Morgan fingerprint density at radius 3 is 2.52 bits per heavy atom. The van der Waals surface area contributed by atoms with Crippen molar-refractivity contribution < 1.29 is 14.4 Å². The van der Waals surface area contributed by atoms with Crippen molar-refractivity contribution in [1.29, 1.82) is 0 Å². The van der Waals surface area contributed by atoms with Gasteiger partial charge in [-0.15, -0.1) is 0 Å². The minimum absolute atomic E-state index is 0.0584. The largest absolute Gasteiger partial charge is 0.325 e. The van der Waals surface area contributed by atoms with Crippen LogP contribution in [0.3, 0.4) is 0 Å². The summed E-state index contributed by atoms with van der Waals surface area (Å²) in [6, 6.07) is 5.48. The van der Waals surface area contributed by atoms with Gasteiger partial charge in [0.1, 0.15) is 6.04 Å². The quantitative estimate of drug-likeness (QED) is 0.666. The maximum absolute atomic E-state index is 13.0. The van der Waals surface area contributed by atoms with Gasteiger partial charge in [-0.25, -0.2) is 0 Å². The zero-order valence-electron chi connectivity index (χ0n) is 16.6. The number of nitrogens with one attached hydrogen (secondary N) is 2. The van der Waals surface area contributed by atoms with Gasteiger partial charge in [0.2, 0.25) is 11.8 Å². The molecule has 3 aliphatic carbocycles. The molecule has 3 amide bonds. The number of amides is 3. The molecular weight excluding hydrogens is 368 g/mol. The average molecular weight is 396 g/mol. The van der Waals surface area contributed by atoms with Crippen LogP contribution in [0.1, 0.15) is 72.9 Å². The van der Waals surface area contributed by atoms with E-state index < -0.39 is 6.04 Å². The van der Waals surface area contributed by atoms with Gasteiger partial charge in [0.25, 0.3) is 5.91 Å². The fourth-order valence-electron chi connectivity index (χ4n) is 5.48. The van der Waals surface area contributed by atoms with Crippen molar-refractivity contribution in [2.45, 2.75) is 81.6 Å². The van der Waals surface area contributed by atoms with Crippen LogP contribution in [-0.2, 0) is 22.7 Å². The van der Waals surface area contributed by atoms with Crippen LogP contribution < -0.4 is 16.4 Å². The van der Waals surface area contributed by atoms with Crippen LogP contribution in [0.5, 0.6) is 0 Å². The molecule has 2 bridgehead atoms. The number of fused-ring (bicyclic) bond motifs is 4. The summed E-state index contributed by atoms with van der Waals surface area (Å²) < 4.78 is 0. The van der Waals surface area contributed by atoms with Gasteiger partial charge in [-0.2, -0.15) is 0 Å². The summed E-state index contributed by atoms with van der Waals surface area (Å²) in [5.74, 6) is -0.743. The molecule has 2 heterocycles. The van der Waals surface area contributed by atoms with Gasteiger partial charge in [-0.05, 0) is 62.1 Å². The SMILES string of the molecule is NC12CCC(NCc3ccc4c(c3)C(=O)N(C3CCC(=O)NC3=O)C4)(CC1)CC2. The van der Waals surface area contributed by atoms with Crippen molar-refractivity contribution in [1.82, 2.24) is 15.5 Å². The van der Waals surface area contributed by atoms with Crippen molar-refractivity contribution in [3.05, 3.63) is 34.9 Å². The van der Waals surface area contributed by atoms with Gasteiger partial charge in [0.15, 0.2) is 0 Å². The molecule has 4 N–H and O–H groups in total. The zero-order chi connectivity index (χ0) is 20.2. The summed E-state index contributed by atoms with van der Waals surface area (Å²) in [6.07, 6.45) is 7.29. The third-order valence-corrected chi connectivity index (χ3v) is 7.56. The molecule has 7 heteroatoms. The molecule has 1 saturated heterocycles. The molecule has 29 heavy (non-hydrogen) atoms.